The molecule has 0 bridgehead atoms. The first kappa shape index (κ1) is 14.5. The molecule has 1 unspecified atom stereocenters. The van der Waals surface area contributed by atoms with Crippen LogP contribution >= 0.6 is 0 Å². The van der Waals surface area contributed by atoms with Gasteiger partial charge in [0.15, 0.2) is 0 Å². The molecule has 0 amide bonds. The van der Waals surface area contributed by atoms with Crippen LogP contribution in [0.25, 0.3) is 0 Å². The molecule has 0 aliphatic rings. The summed E-state index contributed by atoms with van der Waals surface area (Å²) < 4.78 is 4.92. The van der Waals surface area contributed by atoms with Gasteiger partial charge in [0.05, 0.1) is 13.0 Å². The molecule has 0 heterocycles. The van der Waals surface area contributed by atoms with Crippen LogP contribution in [0.1, 0.15) is 53.9 Å². The number of ether oxygens (including phenoxy) is 1. The molecule has 0 aromatic heterocycles. The minimum absolute atomic E-state index is 0.0394. The van der Waals surface area contributed by atoms with Gasteiger partial charge in [-0.2, -0.15) is 0 Å². The van der Waals surface area contributed by atoms with Gasteiger partial charge in [-0.15, -0.1) is 0 Å². The van der Waals surface area contributed by atoms with E-state index >= 15 is 0 Å². The van der Waals surface area contributed by atoms with E-state index in [2.05, 4.69) is 34.6 Å². The normalized spacial score (nSPS) is 14.1. The maximum atomic E-state index is 11.8. The maximum Gasteiger partial charge on any atom is 0.309 e. The Hall–Kier alpha value is -0.530. The topological polar surface area (TPSA) is 26.3 Å². The Morgan fingerprint density at radius 3 is 2.00 bits per heavy atom. The summed E-state index contributed by atoms with van der Waals surface area (Å²) in [6, 6.07) is 0. The fourth-order valence-corrected chi connectivity index (χ4v) is 2.02. The molecule has 0 fully saturated rings. The summed E-state index contributed by atoms with van der Waals surface area (Å²) in [5.41, 5.74) is 0.0807. The molecule has 15 heavy (non-hydrogen) atoms. The smallest absolute Gasteiger partial charge is 0.309 e. The highest BCUT2D eigenvalue weighted by atomic mass is 16.5. The largest absolute Gasteiger partial charge is 0.469 e. The van der Waals surface area contributed by atoms with Gasteiger partial charge in [-0.1, -0.05) is 34.6 Å². The average molecular weight is 214 g/mol. The summed E-state index contributed by atoms with van der Waals surface area (Å²) in [6.07, 6.45) is 2.97. The van der Waals surface area contributed by atoms with Crippen molar-refractivity contribution >= 4 is 5.97 Å². The quantitative estimate of drug-likeness (QED) is 0.631. The summed E-state index contributed by atoms with van der Waals surface area (Å²) in [6.45, 7) is 10.8. The first-order valence-corrected chi connectivity index (χ1v) is 5.99. The van der Waals surface area contributed by atoms with Crippen molar-refractivity contribution in [2.24, 2.45) is 17.3 Å². The molecular formula is C13H26O2. The van der Waals surface area contributed by atoms with Gasteiger partial charge in [0.25, 0.3) is 0 Å². The van der Waals surface area contributed by atoms with Crippen molar-refractivity contribution in [3.8, 4) is 0 Å². The Morgan fingerprint density at radius 1 is 1.27 bits per heavy atom. The van der Waals surface area contributed by atoms with Crippen LogP contribution in [0.2, 0.25) is 0 Å². The fourth-order valence-electron chi connectivity index (χ4n) is 2.02. The van der Waals surface area contributed by atoms with E-state index in [0.29, 0.717) is 5.92 Å². The van der Waals surface area contributed by atoms with Crippen LogP contribution in [-0.2, 0) is 9.53 Å². The third-order valence-electron chi connectivity index (χ3n) is 3.65. The van der Waals surface area contributed by atoms with Gasteiger partial charge in [-0.3, -0.25) is 4.79 Å². The van der Waals surface area contributed by atoms with Gasteiger partial charge in [0.1, 0.15) is 0 Å². The molecule has 90 valence electrons. The zero-order valence-corrected chi connectivity index (χ0v) is 11.1. The second kappa shape index (κ2) is 6.14. The molecule has 0 aromatic carbocycles. The van der Waals surface area contributed by atoms with E-state index in [1.807, 2.05) is 0 Å². The molecule has 0 spiro atoms. The third-order valence-corrected chi connectivity index (χ3v) is 3.65. The van der Waals surface area contributed by atoms with Gasteiger partial charge in [0.2, 0.25) is 0 Å². The number of carbonyl (C=O) groups excluding carboxylic acids is 1. The highest BCUT2D eigenvalue weighted by molar-refractivity contribution is 5.73. The van der Waals surface area contributed by atoms with Crippen LogP contribution in [0.15, 0.2) is 0 Å². The summed E-state index contributed by atoms with van der Waals surface area (Å²) in [7, 11) is 1.49. The summed E-state index contributed by atoms with van der Waals surface area (Å²) >= 11 is 0. The molecule has 0 saturated carbocycles. The number of esters is 1. The first-order valence-electron chi connectivity index (χ1n) is 5.99. The van der Waals surface area contributed by atoms with Crippen LogP contribution in [-0.4, -0.2) is 13.1 Å². The minimum atomic E-state index is -0.0464. The van der Waals surface area contributed by atoms with Crippen LogP contribution in [0.5, 0.6) is 0 Å². The maximum absolute atomic E-state index is 11.8. The predicted molar refractivity (Wildman–Crippen MR) is 63.7 cm³/mol. The van der Waals surface area contributed by atoms with E-state index < -0.39 is 0 Å². The van der Waals surface area contributed by atoms with Gasteiger partial charge >= 0.3 is 5.97 Å². The number of hydrogen-bond acceptors (Lipinski definition) is 2. The standard InChI is InChI=1S/C13H26O2/c1-7-13(5,8-2)11(9-10(3)4)12(14)15-6/h10-11H,7-9H2,1-6H3. The fraction of sp³-hybridized carbons (Fsp3) is 0.923. The number of rotatable bonds is 6. The zero-order chi connectivity index (χ0) is 12.1. The van der Waals surface area contributed by atoms with Crippen molar-refractivity contribution in [1.29, 1.82) is 0 Å². The summed E-state index contributed by atoms with van der Waals surface area (Å²) in [4.78, 5) is 11.8. The number of hydrogen-bond donors (Lipinski definition) is 0. The number of methoxy groups -OCH3 is 1. The van der Waals surface area contributed by atoms with Gasteiger partial charge < -0.3 is 4.74 Å². The van der Waals surface area contributed by atoms with Gasteiger partial charge in [0, 0.05) is 0 Å². The van der Waals surface area contributed by atoms with E-state index in [1.54, 1.807) is 0 Å². The van der Waals surface area contributed by atoms with Crippen molar-refractivity contribution in [2.45, 2.75) is 53.9 Å². The lowest BCUT2D eigenvalue weighted by Crippen LogP contribution is -2.34. The molecule has 2 nitrogen and oxygen atoms in total. The Bertz CT molecular complexity index is 193. The predicted octanol–water partition coefficient (Wildman–Crippen LogP) is 3.65. The zero-order valence-electron chi connectivity index (χ0n) is 11.1. The second-order valence-electron chi connectivity index (χ2n) is 5.07. The van der Waals surface area contributed by atoms with Crippen molar-refractivity contribution in [3.63, 3.8) is 0 Å². The van der Waals surface area contributed by atoms with Gasteiger partial charge in [-0.25, -0.2) is 0 Å². The van der Waals surface area contributed by atoms with Crippen molar-refractivity contribution in [2.75, 3.05) is 7.11 Å². The Labute approximate surface area is 94.4 Å². The molecule has 0 radical (unpaired) electrons. The molecule has 0 aliphatic carbocycles. The van der Waals surface area contributed by atoms with Crippen molar-refractivity contribution in [1.82, 2.24) is 0 Å². The van der Waals surface area contributed by atoms with E-state index in [1.165, 1.54) is 7.11 Å². The van der Waals surface area contributed by atoms with E-state index in [4.69, 9.17) is 4.74 Å². The first-order chi connectivity index (χ1) is 6.91. The van der Waals surface area contributed by atoms with Crippen LogP contribution in [0, 0.1) is 17.3 Å². The lowest BCUT2D eigenvalue weighted by Gasteiger charge is -2.35. The van der Waals surface area contributed by atoms with Crippen molar-refractivity contribution < 1.29 is 9.53 Å². The third kappa shape index (κ3) is 3.84. The van der Waals surface area contributed by atoms with Crippen LogP contribution < -0.4 is 0 Å². The molecule has 1 atom stereocenters. The summed E-state index contributed by atoms with van der Waals surface area (Å²) in [5, 5.41) is 0. The Kier molecular flexibility index (Phi) is 5.92. The minimum Gasteiger partial charge on any atom is -0.469 e. The van der Waals surface area contributed by atoms with Crippen molar-refractivity contribution in [3.05, 3.63) is 0 Å². The SMILES string of the molecule is CCC(C)(CC)C(CC(C)C)C(=O)OC. The molecule has 0 saturated heterocycles. The number of carbonyl (C=O) groups is 1. The van der Waals surface area contributed by atoms with E-state index in [9.17, 15) is 4.79 Å². The van der Waals surface area contributed by atoms with Crippen LogP contribution in [0.4, 0.5) is 0 Å². The van der Waals surface area contributed by atoms with Gasteiger partial charge in [-0.05, 0) is 30.6 Å². The van der Waals surface area contributed by atoms with Crippen LogP contribution in [0.3, 0.4) is 0 Å². The Morgan fingerprint density at radius 2 is 1.73 bits per heavy atom. The monoisotopic (exact) mass is 214 g/mol. The molecule has 2 heteroatoms. The Balaban J connectivity index is 4.82. The molecular weight excluding hydrogens is 188 g/mol. The average Bonchev–Trinajstić information content (AvgIpc) is 2.23. The molecule has 0 rings (SSSR count). The molecule has 0 aromatic rings. The second-order valence-corrected chi connectivity index (χ2v) is 5.07. The summed E-state index contributed by atoms with van der Waals surface area (Å²) in [5.74, 6) is 0.527. The van der Waals surface area contributed by atoms with E-state index in [-0.39, 0.29) is 17.3 Å². The highest BCUT2D eigenvalue weighted by Gasteiger charge is 2.37. The lowest BCUT2D eigenvalue weighted by molar-refractivity contribution is -0.151. The van der Waals surface area contributed by atoms with E-state index in [0.717, 1.165) is 19.3 Å². The molecule has 0 N–H and O–H groups in total. The lowest BCUT2D eigenvalue weighted by atomic mass is 9.70. The highest BCUT2D eigenvalue weighted by Crippen LogP contribution is 2.39. The molecule has 0 aliphatic heterocycles.